The lowest BCUT2D eigenvalue weighted by Crippen LogP contribution is -2.18. The summed E-state index contributed by atoms with van der Waals surface area (Å²) in [5.74, 6) is 1.76. The SMILES string of the molecule is CCCCC(C)(CC)CSc1cc(OC)c(Cl)cc1N. The van der Waals surface area contributed by atoms with Crippen molar-refractivity contribution in [2.75, 3.05) is 18.6 Å². The Morgan fingerprint density at radius 1 is 1.35 bits per heavy atom. The lowest BCUT2D eigenvalue weighted by atomic mass is 9.84. The van der Waals surface area contributed by atoms with Crippen molar-refractivity contribution in [3.05, 3.63) is 17.2 Å². The fourth-order valence-electron chi connectivity index (χ4n) is 2.04. The van der Waals surface area contributed by atoms with Crippen LogP contribution in [0.5, 0.6) is 5.75 Å². The molecule has 0 fully saturated rings. The first-order valence-electron chi connectivity index (χ1n) is 7.21. The molecule has 2 N–H and O–H groups in total. The molecular formula is C16H26ClNOS. The predicted octanol–water partition coefficient (Wildman–Crippen LogP) is 5.63. The Morgan fingerprint density at radius 3 is 2.60 bits per heavy atom. The van der Waals surface area contributed by atoms with E-state index in [0.717, 1.165) is 16.3 Å². The Kier molecular flexibility index (Phi) is 7.04. The second-order valence-corrected chi connectivity index (χ2v) is 7.01. The molecule has 0 aliphatic carbocycles. The standard InChI is InChI=1S/C16H26ClNOS/c1-5-7-8-16(3,6-2)11-20-15-10-14(19-4)12(17)9-13(15)18/h9-10H,5-8,11,18H2,1-4H3. The van der Waals surface area contributed by atoms with Crippen LogP contribution in [0.2, 0.25) is 5.02 Å². The summed E-state index contributed by atoms with van der Waals surface area (Å²) >= 11 is 7.88. The second kappa shape index (κ2) is 8.04. The fraction of sp³-hybridized carbons (Fsp3) is 0.625. The highest BCUT2D eigenvalue weighted by molar-refractivity contribution is 7.99. The fourth-order valence-corrected chi connectivity index (χ4v) is 3.56. The maximum atomic E-state index is 6.07. The summed E-state index contributed by atoms with van der Waals surface area (Å²) in [6.07, 6.45) is 4.98. The Hall–Kier alpha value is -0.540. The van der Waals surface area contributed by atoms with Gasteiger partial charge in [-0.15, -0.1) is 11.8 Å². The van der Waals surface area contributed by atoms with Crippen LogP contribution in [0.3, 0.4) is 0 Å². The average Bonchev–Trinajstić information content (AvgIpc) is 2.44. The van der Waals surface area contributed by atoms with E-state index in [1.807, 2.05) is 6.07 Å². The van der Waals surface area contributed by atoms with Crippen LogP contribution in [0.25, 0.3) is 0 Å². The quantitative estimate of drug-likeness (QED) is 0.499. The number of methoxy groups -OCH3 is 1. The molecule has 0 radical (unpaired) electrons. The molecule has 2 nitrogen and oxygen atoms in total. The minimum atomic E-state index is 0.361. The zero-order valence-electron chi connectivity index (χ0n) is 13.0. The zero-order valence-corrected chi connectivity index (χ0v) is 14.5. The third-order valence-electron chi connectivity index (χ3n) is 3.85. The summed E-state index contributed by atoms with van der Waals surface area (Å²) in [6, 6.07) is 3.72. The van der Waals surface area contributed by atoms with Crippen LogP contribution < -0.4 is 10.5 Å². The molecule has 0 aliphatic rings. The first-order valence-corrected chi connectivity index (χ1v) is 8.58. The lowest BCUT2D eigenvalue weighted by Gasteiger charge is -2.28. The summed E-state index contributed by atoms with van der Waals surface area (Å²) in [6.45, 7) is 6.87. The molecule has 20 heavy (non-hydrogen) atoms. The van der Waals surface area contributed by atoms with Crippen molar-refractivity contribution in [2.24, 2.45) is 5.41 Å². The molecule has 0 aromatic heterocycles. The van der Waals surface area contributed by atoms with E-state index >= 15 is 0 Å². The summed E-state index contributed by atoms with van der Waals surface area (Å²) in [5, 5.41) is 0.568. The first kappa shape index (κ1) is 17.5. The van der Waals surface area contributed by atoms with E-state index < -0.39 is 0 Å². The third-order valence-corrected chi connectivity index (χ3v) is 5.65. The molecule has 114 valence electrons. The molecule has 1 unspecified atom stereocenters. The van der Waals surface area contributed by atoms with Gasteiger partial charge in [-0.05, 0) is 30.4 Å². The molecule has 0 heterocycles. The van der Waals surface area contributed by atoms with E-state index in [0.29, 0.717) is 16.2 Å². The number of nitrogen functional groups attached to an aromatic ring is 1. The number of benzene rings is 1. The first-order chi connectivity index (χ1) is 9.45. The van der Waals surface area contributed by atoms with Gasteiger partial charge in [-0.1, -0.05) is 45.2 Å². The number of halogens is 1. The van der Waals surface area contributed by atoms with E-state index in [1.54, 1.807) is 24.9 Å². The van der Waals surface area contributed by atoms with Crippen LogP contribution in [0.1, 0.15) is 46.5 Å². The number of hydrogen-bond donors (Lipinski definition) is 1. The van der Waals surface area contributed by atoms with Crippen molar-refractivity contribution in [1.29, 1.82) is 0 Å². The number of thioether (sulfide) groups is 1. The van der Waals surface area contributed by atoms with Crippen LogP contribution in [0, 0.1) is 5.41 Å². The smallest absolute Gasteiger partial charge is 0.138 e. The van der Waals surface area contributed by atoms with Crippen molar-refractivity contribution in [1.82, 2.24) is 0 Å². The monoisotopic (exact) mass is 315 g/mol. The number of ether oxygens (including phenoxy) is 1. The summed E-state index contributed by atoms with van der Waals surface area (Å²) < 4.78 is 5.26. The number of hydrogen-bond acceptors (Lipinski definition) is 3. The maximum absolute atomic E-state index is 6.07. The average molecular weight is 316 g/mol. The minimum absolute atomic E-state index is 0.361. The van der Waals surface area contributed by atoms with Gasteiger partial charge in [0.05, 0.1) is 12.1 Å². The Bertz CT molecular complexity index is 439. The van der Waals surface area contributed by atoms with Gasteiger partial charge in [0.2, 0.25) is 0 Å². The van der Waals surface area contributed by atoms with E-state index in [9.17, 15) is 0 Å². The van der Waals surface area contributed by atoms with E-state index in [-0.39, 0.29) is 0 Å². The molecule has 0 aliphatic heterocycles. The lowest BCUT2D eigenvalue weighted by molar-refractivity contribution is 0.320. The molecular weight excluding hydrogens is 290 g/mol. The van der Waals surface area contributed by atoms with Crippen molar-refractivity contribution in [3.8, 4) is 5.75 Å². The Balaban J connectivity index is 2.77. The van der Waals surface area contributed by atoms with E-state index in [4.69, 9.17) is 22.1 Å². The molecule has 4 heteroatoms. The number of anilines is 1. The maximum Gasteiger partial charge on any atom is 0.138 e. The summed E-state index contributed by atoms with van der Waals surface area (Å²) in [5.41, 5.74) is 7.15. The van der Waals surface area contributed by atoms with Gasteiger partial charge in [0.15, 0.2) is 0 Å². The summed E-state index contributed by atoms with van der Waals surface area (Å²) in [4.78, 5) is 1.06. The highest BCUT2D eigenvalue weighted by Crippen LogP contribution is 2.40. The summed E-state index contributed by atoms with van der Waals surface area (Å²) in [7, 11) is 1.63. The molecule has 1 aromatic rings. The highest BCUT2D eigenvalue weighted by atomic mass is 35.5. The zero-order chi connectivity index (χ0) is 15.2. The molecule has 1 rings (SSSR count). The van der Waals surface area contributed by atoms with E-state index in [1.165, 1.54) is 25.7 Å². The van der Waals surface area contributed by atoms with Gasteiger partial charge in [0, 0.05) is 16.3 Å². The van der Waals surface area contributed by atoms with Gasteiger partial charge in [-0.2, -0.15) is 0 Å². The van der Waals surface area contributed by atoms with Crippen LogP contribution in [-0.2, 0) is 0 Å². The van der Waals surface area contributed by atoms with Gasteiger partial charge in [0.25, 0.3) is 0 Å². The Labute approximate surface area is 132 Å². The normalized spacial score (nSPS) is 14.1. The minimum Gasteiger partial charge on any atom is -0.495 e. The van der Waals surface area contributed by atoms with Gasteiger partial charge in [-0.3, -0.25) is 0 Å². The van der Waals surface area contributed by atoms with Gasteiger partial charge >= 0.3 is 0 Å². The van der Waals surface area contributed by atoms with Crippen molar-refractivity contribution in [3.63, 3.8) is 0 Å². The second-order valence-electron chi connectivity index (χ2n) is 5.58. The van der Waals surface area contributed by atoms with Crippen molar-refractivity contribution in [2.45, 2.75) is 51.3 Å². The molecule has 0 saturated heterocycles. The van der Waals surface area contributed by atoms with Crippen molar-refractivity contribution >= 4 is 29.1 Å². The van der Waals surface area contributed by atoms with Gasteiger partial charge < -0.3 is 10.5 Å². The Morgan fingerprint density at radius 2 is 2.05 bits per heavy atom. The number of rotatable bonds is 8. The molecule has 1 aromatic carbocycles. The highest BCUT2D eigenvalue weighted by Gasteiger charge is 2.22. The van der Waals surface area contributed by atoms with Gasteiger partial charge in [-0.25, -0.2) is 0 Å². The van der Waals surface area contributed by atoms with Crippen LogP contribution in [0.4, 0.5) is 5.69 Å². The molecule has 0 bridgehead atoms. The number of nitrogens with two attached hydrogens (primary N) is 1. The topological polar surface area (TPSA) is 35.2 Å². The van der Waals surface area contributed by atoms with Crippen LogP contribution >= 0.6 is 23.4 Å². The predicted molar refractivity (Wildman–Crippen MR) is 91.1 cm³/mol. The third kappa shape index (κ3) is 4.78. The van der Waals surface area contributed by atoms with Crippen molar-refractivity contribution < 1.29 is 4.74 Å². The molecule has 0 spiro atoms. The molecule has 1 atom stereocenters. The van der Waals surface area contributed by atoms with Crippen LogP contribution in [0.15, 0.2) is 17.0 Å². The van der Waals surface area contributed by atoms with Crippen LogP contribution in [-0.4, -0.2) is 12.9 Å². The largest absolute Gasteiger partial charge is 0.495 e. The number of unbranched alkanes of at least 4 members (excludes halogenated alkanes) is 1. The van der Waals surface area contributed by atoms with E-state index in [2.05, 4.69) is 20.8 Å². The molecule has 0 amide bonds. The molecule has 0 saturated carbocycles. The van der Waals surface area contributed by atoms with Gasteiger partial charge in [0.1, 0.15) is 5.75 Å².